The number of benzene rings is 6. The molecule has 0 amide bonds. The maximum atomic E-state index is 15.0. The molecule has 2 heterocycles. The normalized spacial score (nSPS) is 12.2. The zero-order chi connectivity index (χ0) is 26.0. The summed E-state index contributed by atoms with van der Waals surface area (Å²) in [6.45, 7) is 0. The van der Waals surface area contributed by atoms with Crippen molar-refractivity contribution in [2.24, 2.45) is 0 Å². The van der Waals surface area contributed by atoms with Gasteiger partial charge in [-0.2, -0.15) is 0 Å². The molecule has 8 rings (SSSR count). The number of rotatable bonds is 3. The molecule has 2 aromatic heterocycles. The molecular formula is C35H23N2OP. The van der Waals surface area contributed by atoms with Crippen molar-refractivity contribution < 1.29 is 4.57 Å². The van der Waals surface area contributed by atoms with Crippen molar-refractivity contribution in [3.63, 3.8) is 0 Å². The van der Waals surface area contributed by atoms with Gasteiger partial charge in [-0.15, -0.1) is 0 Å². The Hall–Kier alpha value is -4.72. The first kappa shape index (κ1) is 22.3. The molecule has 0 fully saturated rings. The monoisotopic (exact) mass is 518 g/mol. The number of para-hydroxylation sites is 3. The molecule has 0 saturated carbocycles. The van der Waals surface area contributed by atoms with Gasteiger partial charge in [0.05, 0.1) is 16.6 Å². The Morgan fingerprint density at radius 1 is 0.487 bits per heavy atom. The van der Waals surface area contributed by atoms with Crippen molar-refractivity contribution >= 4 is 72.2 Å². The fraction of sp³-hybridized carbons (Fsp3) is 0. The van der Waals surface area contributed by atoms with Crippen molar-refractivity contribution in [3.05, 3.63) is 140 Å². The van der Waals surface area contributed by atoms with Crippen LogP contribution >= 0.6 is 7.14 Å². The summed E-state index contributed by atoms with van der Waals surface area (Å²) in [6, 6.07) is 47.3. The first-order valence-electron chi connectivity index (χ1n) is 13.1. The average molecular weight is 519 g/mol. The first-order valence-corrected chi connectivity index (χ1v) is 14.8. The van der Waals surface area contributed by atoms with Gasteiger partial charge in [0, 0.05) is 26.7 Å². The summed E-state index contributed by atoms with van der Waals surface area (Å²) >= 11 is 0. The second-order valence-electron chi connectivity index (χ2n) is 9.99. The molecule has 8 aromatic rings. The molecule has 0 atom stereocenters. The van der Waals surface area contributed by atoms with E-state index in [1.54, 1.807) is 0 Å². The van der Waals surface area contributed by atoms with Crippen molar-refractivity contribution in [3.8, 4) is 0 Å². The maximum Gasteiger partial charge on any atom is 0.171 e. The molecule has 0 radical (unpaired) electrons. The molecule has 0 N–H and O–H groups in total. The van der Waals surface area contributed by atoms with Crippen molar-refractivity contribution in [1.29, 1.82) is 0 Å². The van der Waals surface area contributed by atoms with Gasteiger partial charge in [-0.3, -0.25) is 4.40 Å². The Morgan fingerprint density at radius 3 is 1.85 bits per heavy atom. The molecule has 0 spiro atoms. The molecule has 0 aliphatic heterocycles. The maximum absolute atomic E-state index is 15.0. The number of nitrogens with zero attached hydrogens (tertiary/aromatic N) is 2. The number of aromatic nitrogens is 2. The van der Waals surface area contributed by atoms with Gasteiger partial charge in [0.1, 0.15) is 5.65 Å². The standard InChI is InChI=1S/C35H23N2OP/c38-39(26-11-3-1-4-12-26,27-13-5-2-6-14-27)28-20-19-24-22-30-29-15-7-9-17-33(29)37-34-18-10-8-16-32(34)36-35(37)31(30)23-25(24)21-28/h1-23H. The van der Waals surface area contributed by atoms with Crippen LogP contribution in [0.1, 0.15) is 0 Å². The van der Waals surface area contributed by atoms with Crippen LogP contribution in [-0.2, 0) is 4.57 Å². The molecule has 0 aliphatic carbocycles. The summed E-state index contributed by atoms with van der Waals surface area (Å²) in [7, 11) is -3.07. The lowest BCUT2D eigenvalue weighted by atomic mass is 10.0. The quantitative estimate of drug-likeness (QED) is 0.137. The predicted molar refractivity (Wildman–Crippen MR) is 165 cm³/mol. The highest BCUT2D eigenvalue weighted by atomic mass is 31.2. The summed E-state index contributed by atoms with van der Waals surface area (Å²) in [4.78, 5) is 5.07. The van der Waals surface area contributed by atoms with Gasteiger partial charge in [-0.05, 0) is 52.6 Å². The molecule has 4 heteroatoms. The predicted octanol–water partition coefficient (Wildman–Crippen LogP) is 7.59. The number of hydrogen-bond donors (Lipinski definition) is 0. The fourth-order valence-electron chi connectivity index (χ4n) is 5.96. The van der Waals surface area contributed by atoms with Crippen LogP contribution in [0, 0.1) is 0 Å². The molecule has 184 valence electrons. The lowest BCUT2D eigenvalue weighted by Gasteiger charge is -2.20. The highest BCUT2D eigenvalue weighted by Gasteiger charge is 2.29. The Morgan fingerprint density at radius 2 is 1.10 bits per heavy atom. The van der Waals surface area contributed by atoms with Crippen LogP contribution in [0.15, 0.2) is 140 Å². The van der Waals surface area contributed by atoms with Crippen LogP contribution < -0.4 is 15.9 Å². The third-order valence-corrected chi connectivity index (χ3v) is 10.9. The van der Waals surface area contributed by atoms with E-state index in [4.69, 9.17) is 4.98 Å². The third-order valence-electron chi connectivity index (χ3n) is 7.80. The molecule has 39 heavy (non-hydrogen) atoms. The van der Waals surface area contributed by atoms with Crippen molar-refractivity contribution in [2.75, 3.05) is 0 Å². The third kappa shape index (κ3) is 3.24. The number of imidazole rings is 1. The zero-order valence-electron chi connectivity index (χ0n) is 21.0. The summed E-state index contributed by atoms with van der Waals surface area (Å²) in [6.07, 6.45) is 0. The largest absolute Gasteiger partial charge is 0.309 e. The molecular weight excluding hydrogens is 495 g/mol. The zero-order valence-corrected chi connectivity index (χ0v) is 21.9. The molecule has 0 unspecified atom stereocenters. The minimum atomic E-state index is -3.07. The molecule has 0 bridgehead atoms. The minimum absolute atomic E-state index is 0.831. The van der Waals surface area contributed by atoms with E-state index < -0.39 is 7.14 Å². The van der Waals surface area contributed by atoms with Gasteiger partial charge in [-0.1, -0.05) is 103 Å². The van der Waals surface area contributed by atoms with Crippen LogP contribution in [0.4, 0.5) is 0 Å². The van der Waals surface area contributed by atoms with E-state index in [9.17, 15) is 0 Å². The van der Waals surface area contributed by atoms with E-state index in [0.717, 1.165) is 54.3 Å². The second kappa shape index (κ2) is 8.39. The fourth-order valence-corrected chi connectivity index (χ4v) is 8.64. The van der Waals surface area contributed by atoms with Gasteiger partial charge < -0.3 is 4.57 Å². The molecule has 0 aliphatic rings. The van der Waals surface area contributed by atoms with Crippen LogP contribution in [0.25, 0.3) is 49.1 Å². The van der Waals surface area contributed by atoms with E-state index in [1.807, 2.05) is 72.8 Å². The van der Waals surface area contributed by atoms with E-state index in [1.165, 1.54) is 10.8 Å². The number of hydrogen-bond acceptors (Lipinski definition) is 2. The average Bonchev–Trinajstić information content (AvgIpc) is 3.41. The van der Waals surface area contributed by atoms with Gasteiger partial charge in [0.25, 0.3) is 0 Å². The Balaban J connectivity index is 1.47. The lowest BCUT2D eigenvalue weighted by Crippen LogP contribution is -2.24. The lowest BCUT2D eigenvalue weighted by molar-refractivity contribution is 0.592. The second-order valence-corrected chi connectivity index (χ2v) is 12.8. The Labute approximate surface area is 225 Å². The Kier molecular flexibility index (Phi) is 4.79. The van der Waals surface area contributed by atoms with E-state index in [2.05, 4.69) is 71.1 Å². The summed E-state index contributed by atoms with van der Waals surface area (Å²) in [5.74, 6) is 0. The molecule has 3 nitrogen and oxygen atoms in total. The minimum Gasteiger partial charge on any atom is -0.309 e. The van der Waals surface area contributed by atoms with E-state index in [-0.39, 0.29) is 0 Å². The summed E-state index contributed by atoms with van der Waals surface area (Å²) in [5, 5.41) is 8.12. The smallest absolute Gasteiger partial charge is 0.171 e. The molecule has 0 saturated heterocycles. The van der Waals surface area contributed by atoms with Crippen LogP contribution in [0.3, 0.4) is 0 Å². The van der Waals surface area contributed by atoms with E-state index >= 15 is 4.57 Å². The van der Waals surface area contributed by atoms with Crippen LogP contribution in [0.5, 0.6) is 0 Å². The van der Waals surface area contributed by atoms with E-state index in [0.29, 0.717) is 0 Å². The summed E-state index contributed by atoms with van der Waals surface area (Å²) < 4.78 is 17.3. The topological polar surface area (TPSA) is 34.4 Å². The highest BCUT2D eigenvalue weighted by Crippen LogP contribution is 2.43. The van der Waals surface area contributed by atoms with Crippen LogP contribution in [0.2, 0.25) is 0 Å². The summed E-state index contributed by atoms with van der Waals surface area (Å²) in [5.41, 5.74) is 4.15. The number of fused-ring (bicyclic) bond motifs is 9. The SMILES string of the molecule is O=P(c1ccccc1)(c1ccccc1)c1ccc2cc3c4ccccc4n4c5ccccc5nc4c3cc2c1. The van der Waals surface area contributed by atoms with Gasteiger partial charge >= 0.3 is 0 Å². The van der Waals surface area contributed by atoms with Crippen molar-refractivity contribution in [2.45, 2.75) is 0 Å². The highest BCUT2D eigenvalue weighted by molar-refractivity contribution is 7.85. The first-order chi connectivity index (χ1) is 19.2. The molecule has 6 aromatic carbocycles. The van der Waals surface area contributed by atoms with Gasteiger partial charge in [-0.25, -0.2) is 4.98 Å². The van der Waals surface area contributed by atoms with Crippen molar-refractivity contribution in [1.82, 2.24) is 9.38 Å². The van der Waals surface area contributed by atoms with Gasteiger partial charge in [0.15, 0.2) is 7.14 Å². The van der Waals surface area contributed by atoms with Crippen LogP contribution in [-0.4, -0.2) is 9.38 Å². The number of pyridine rings is 1. The Bertz CT molecular complexity index is 2210. The van der Waals surface area contributed by atoms with Gasteiger partial charge in [0.2, 0.25) is 0 Å².